The van der Waals surface area contributed by atoms with Gasteiger partial charge in [0.05, 0.1) is 23.1 Å². The largest absolute Gasteiger partial charge is 0.480 e. The van der Waals surface area contributed by atoms with Crippen LogP contribution in [0.2, 0.25) is 0 Å². The maximum absolute atomic E-state index is 12.7. The van der Waals surface area contributed by atoms with Crippen LogP contribution >= 0.6 is 15.9 Å². The Labute approximate surface area is 141 Å². The number of aliphatic carboxylic acids is 1. The maximum atomic E-state index is 12.7. The zero-order valence-electron chi connectivity index (χ0n) is 12.6. The van der Waals surface area contributed by atoms with Gasteiger partial charge < -0.3 is 10.0 Å². The highest BCUT2D eigenvalue weighted by Gasteiger charge is 2.35. The Morgan fingerprint density at radius 3 is 2.78 bits per heavy atom. The summed E-state index contributed by atoms with van der Waals surface area (Å²) >= 11 is 3.42. The molecule has 6 nitrogen and oxygen atoms in total. The van der Waals surface area contributed by atoms with Gasteiger partial charge >= 0.3 is 5.97 Å². The van der Waals surface area contributed by atoms with Gasteiger partial charge in [-0.05, 0) is 38.0 Å². The fourth-order valence-electron chi connectivity index (χ4n) is 2.54. The molecule has 1 aliphatic rings. The fourth-order valence-corrected chi connectivity index (χ4v) is 2.93. The lowest BCUT2D eigenvalue weighted by Gasteiger charge is -2.19. The van der Waals surface area contributed by atoms with Crippen LogP contribution in [0.1, 0.15) is 28.9 Å². The summed E-state index contributed by atoms with van der Waals surface area (Å²) in [5.41, 5.74) is 1.98. The molecule has 1 aliphatic carbocycles. The molecular weight excluding hydrogens is 362 g/mol. The van der Waals surface area contributed by atoms with E-state index in [1.165, 1.54) is 11.1 Å². The number of aromatic nitrogens is 2. The van der Waals surface area contributed by atoms with E-state index in [1.54, 1.807) is 4.68 Å². The first kappa shape index (κ1) is 15.7. The van der Waals surface area contributed by atoms with Gasteiger partial charge in [0, 0.05) is 10.5 Å². The molecule has 1 heterocycles. The molecule has 1 saturated carbocycles. The molecule has 0 spiro atoms. The van der Waals surface area contributed by atoms with Gasteiger partial charge in [-0.25, -0.2) is 4.68 Å². The van der Waals surface area contributed by atoms with Crippen molar-refractivity contribution in [2.75, 3.05) is 6.54 Å². The molecule has 1 amide bonds. The van der Waals surface area contributed by atoms with Crippen molar-refractivity contribution in [1.82, 2.24) is 14.7 Å². The number of carbonyl (C=O) groups is 2. The molecule has 7 heteroatoms. The van der Waals surface area contributed by atoms with Crippen molar-refractivity contribution >= 4 is 27.8 Å². The first-order valence-electron chi connectivity index (χ1n) is 7.30. The molecule has 23 heavy (non-hydrogen) atoms. The second-order valence-electron chi connectivity index (χ2n) is 5.59. The van der Waals surface area contributed by atoms with E-state index >= 15 is 0 Å². The Balaban J connectivity index is 1.91. The molecule has 0 atom stereocenters. The van der Waals surface area contributed by atoms with Gasteiger partial charge in [-0.2, -0.15) is 5.10 Å². The van der Waals surface area contributed by atoms with Gasteiger partial charge in [-0.15, -0.1) is 0 Å². The normalized spacial score (nSPS) is 13.8. The van der Waals surface area contributed by atoms with Crippen molar-refractivity contribution in [2.24, 2.45) is 0 Å². The van der Waals surface area contributed by atoms with E-state index in [9.17, 15) is 9.59 Å². The summed E-state index contributed by atoms with van der Waals surface area (Å²) < 4.78 is 2.60. The number of benzene rings is 1. The van der Waals surface area contributed by atoms with Crippen molar-refractivity contribution < 1.29 is 14.7 Å². The highest BCUT2D eigenvalue weighted by molar-refractivity contribution is 9.10. The first-order chi connectivity index (χ1) is 11.0. The van der Waals surface area contributed by atoms with E-state index in [0.29, 0.717) is 11.3 Å². The third-order valence-electron chi connectivity index (χ3n) is 3.85. The van der Waals surface area contributed by atoms with E-state index in [1.807, 2.05) is 31.2 Å². The van der Waals surface area contributed by atoms with Crippen LogP contribution in [0.4, 0.5) is 0 Å². The van der Waals surface area contributed by atoms with Crippen LogP contribution < -0.4 is 0 Å². The third-order valence-corrected chi connectivity index (χ3v) is 4.34. The van der Waals surface area contributed by atoms with Crippen molar-refractivity contribution in [3.05, 3.63) is 46.2 Å². The number of rotatable bonds is 5. The number of carbonyl (C=O) groups excluding carboxylic acids is 1. The van der Waals surface area contributed by atoms with E-state index in [-0.39, 0.29) is 18.5 Å². The van der Waals surface area contributed by atoms with Crippen molar-refractivity contribution in [2.45, 2.75) is 25.8 Å². The summed E-state index contributed by atoms with van der Waals surface area (Å²) in [6.07, 6.45) is 3.23. The Hall–Kier alpha value is -2.15. The maximum Gasteiger partial charge on any atom is 0.323 e. The summed E-state index contributed by atoms with van der Waals surface area (Å²) in [5.74, 6) is -1.27. The highest BCUT2D eigenvalue weighted by Crippen LogP contribution is 2.29. The van der Waals surface area contributed by atoms with Gasteiger partial charge in [-0.1, -0.05) is 22.0 Å². The molecule has 120 valence electrons. The molecule has 0 radical (unpaired) electrons. The number of nitrogens with zero attached hydrogens (tertiary/aromatic N) is 3. The molecular formula is C16H16BrN3O3. The van der Waals surface area contributed by atoms with Gasteiger partial charge in [0.25, 0.3) is 5.91 Å². The molecule has 0 unspecified atom stereocenters. The predicted octanol–water partition coefficient (Wildman–Crippen LogP) is 2.63. The molecule has 1 fully saturated rings. The number of hydrogen-bond acceptors (Lipinski definition) is 3. The van der Waals surface area contributed by atoms with Gasteiger partial charge in [0.2, 0.25) is 0 Å². The van der Waals surface area contributed by atoms with Crippen LogP contribution in [-0.4, -0.2) is 44.3 Å². The minimum atomic E-state index is -0.998. The van der Waals surface area contributed by atoms with E-state index in [0.717, 1.165) is 23.0 Å². The average Bonchev–Trinajstić information content (AvgIpc) is 3.26. The average molecular weight is 378 g/mol. The lowest BCUT2D eigenvalue weighted by atomic mass is 10.2. The van der Waals surface area contributed by atoms with E-state index < -0.39 is 5.97 Å². The van der Waals surface area contributed by atoms with Crippen LogP contribution in [0.5, 0.6) is 0 Å². The second-order valence-corrected chi connectivity index (χ2v) is 6.51. The summed E-state index contributed by atoms with van der Waals surface area (Å²) in [6.45, 7) is 1.54. The summed E-state index contributed by atoms with van der Waals surface area (Å²) in [6, 6.07) is 7.64. The monoisotopic (exact) mass is 377 g/mol. The molecule has 1 aromatic heterocycles. The Bertz CT molecular complexity index is 768. The quantitative estimate of drug-likeness (QED) is 0.868. The molecule has 2 aromatic rings. The lowest BCUT2D eigenvalue weighted by molar-refractivity contribution is -0.137. The van der Waals surface area contributed by atoms with Crippen molar-refractivity contribution in [3.8, 4) is 5.69 Å². The zero-order valence-corrected chi connectivity index (χ0v) is 14.2. The molecule has 0 bridgehead atoms. The van der Waals surface area contributed by atoms with Crippen molar-refractivity contribution in [3.63, 3.8) is 0 Å². The summed E-state index contributed by atoms with van der Waals surface area (Å²) in [7, 11) is 0. The lowest BCUT2D eigenvalue weighted by Crippen LogP contribution is -2.37. The van der Waals surface area contributed by atoms with Crippen LogP contribution in [0.15, 0.2) is 34.9 Å². The number of halogens is 1. The van der Waals surface area contributed by atoms with Gasteiger partial charge in [0.1, 0.15) is 6.54 Å². The summed E-state index contributed by atoms with van der Waals surface area (Å²) in [4.78, 5) is 25.1. The van der Waals surface area contributed by atoms with Crippen LogP contribution in [0.3, 0.4) is 0 Å². The fraction of sp³-hybridized carbons (Fsp3) is 0.312. The SMILES string of the molecule is Cc1c(C(=O)N(CC(=O)O)C2CC2)cnn1-c1cccc(Br)c1. The van der Waals surface area contributed by atoms with Crippen molar-refractivity contribution in [1.29, 1.82) is 0 Å². The van der Waals surface area contributed by atoms with Crippen LogP contribution in [0, 0.1) is 6.92 Å². The van der Waals surface area contributed by atoms with E-state index in [4.69, 9.17) is 5.11 Å². The number of carboxylic acids is 1. The predicted molar refractivity (Wildman–Crippen MR) is 87.7 cm³/mol. The second kappa shape index (κ2) is 6.16. The third kappa shape index (κ3) is 3.29. The highest BCUT2D eigenvalue weighted by atomic mass is 79.9. The van der Waals surface area contributed by atoms with E-state index in [2.05, 4.69) is 21.0 Å². The Morgan fingerprint density at radius 1 is 1.43 bits per heavy atom. The molecule has 3 rings (SSSR count). The molecule has 0 aliphatic heterocycles. The van der Waals surface area contributed by atoms with Crippen LogP contribution in [-0.2, 0) is 4.79 Å². The standard InChI is InChI=1S/C16H16BrN3O3/c1-10-14(16(23)19(9-15(21)22)12-5-6-12)8-18-20(10)13-4-2-3-11(17)7-13/h2-4,7-8,12H,5-6,9H2,1H3,(H,21,22). The minimum absolute atomic E-state index is 0.0345. The zero-order chi connectivity index (χ0) is 16.6. The van der Waals surface area contributed by atoms with Gasteiger partial charge in [0.15, 0.2) is 0 Å². The minimum Gasteiger partial charge on any atom is -0.480 e. The Morgan fingerprint density at radius 2 is 2.17 bits per heavy atom. The number of hydrogen-bond donors (Lipinski definition) is 1. The number of carboxylic acid groups (broad SMARTS) is 1. The topological polar surface area (TPSA) is 75.4 Å². The Kier molecular flexibility index (Phi) is 4.21. The molecule has 1 aromatic carbocycles. The molecule has 1 N–H and O–H groups in total. The number of amides is 1. The summed E-state index contributed by atoms with van der Waals surface area (Å²) in [5, 5.41) is 13.3. The molecule has 0 saturated heterocycles. The first-order valence-corrected chi connectivity index (χ1v) is 8.10. The van der Waals surface area contributed by atoms with Gasteiger partial charge in [-0.3, -0.25) is 9.59 Å². The van der Waals surface area contributed by atoms with Crippen LogP contribution in [0.25, 0.3) is 5.69 Å². The smallest absolute Gasteiger partial charge is 0.323 e.